The third-order valence-corrected chi connectivity index (χ3v) is 4.52. The highest BCUT2D eigenvalue weighted by atomic mass is 16.6. The first-order valence-corrected chi connectivity index (χ1v) is 10.2. The Morgan fingerprint density at radius 2 is 1.59 bits per heavy atom. The van der Waals surface area contributed by atoms with E-state index in [9.17, 15) is 14.4 Å². The number of para-hydroxylation sites is 2. The fourth-order valence-corrected chi connectivity index (χ4v) is 2.99. The number of nitrogens with one attached hydrogen (secondary N) is 1. The summed E-state index contributed by atoms with van der Waals surface area (Å²) in [6.07, 6.45) is 3.61. The predicted octanol–water partition coefficient (Wildman–Crippen LogP) is 3.68. The molecule has 32 heavy (non-hydrogen) atoms. The second-order valence-corrected chi connectivity index (χ2v) is 7.01. The maximum Gasteiger partial charge on any atom is 0.412 e. The van der Waals surface area contributed by atoms with Crippen LogP contribution >= 0.6 is 0 Å². The van der Waals surface area contributed by atoms with Crippen molar-refractivity contribution in [2.75, 3.05) is 13.2 Å². The summed E-state index contributed by atoms with van der Waals surface area (Å²) in [7, 11) is 0. The number of carbonyl (C=O) groups is 3. The molecule has 0 aliphatic carbocycles. The second kappa shape index (κ2) is 12.0. The van der Waals surface area contributed by atoms with E-state index >= 15 is 0 Å². The Hall–Kier alpha value is -3.94. The zero-order valence-corrected chi connectivity index (χ0v) is 17.4. The zero-order valence-electron chi connectivity index (χ0n) is 17.4. The average molecular weight is 436 g/mol. The number of ether oxygens (including phenoxy) is 3. The Kier molecular flexibility index (Phi) is 8.56. The lowest BCUT2D eigenvalue weighted by Crippen LogP contribution is -2.32. The molecule has 0 fully saturated rings. The van der Waals surface area contributed by atoms with Crippen LogP contribution < -0.4 is 14.8 Å². The minimum atomic E-state index is -0.713. The predicted molar refractivity (Wildman–Crippen MR) is 117 cm³/mol. The molecule has 1 N–H and O–H groups in total. The van der Waals surface area contributed by atoms with Crippen LogP contribution in [0.3, 0.4) is 0 Å². The maximum absolute atomic E-state index is 12.6. The minimum Gasteiger partial charge on any atom is -0.464 e. The van der Waals surface area contributed by atoms with Crippen LogP contribution in [0.1, 0.15) is 19.3 Å². The number of hydrogen-bond acceptors (Lipinski definition) is 7. The molecule has 8 nitrogen and oxygen atoms in total. The van der Waals surface area contributed by atoms with Crippen LogP contribution in [0.5, 0.6) is 11.5 Å². The van der Waals surface area contributed by atoms with Crippen LogP contribution in [-0.4, -0.2) is 37.4 Å². The van der Waals surface area contributed by atoms with E-state index < -0.39 is 23.9 Å². The summed E-state index contributed by atoms with van der Waals surface area (Å²) in [5.41, 5.74) is 0.934. The van der Waals surface area contributed by atoms with E-state index in [0.29, 0.717) is 24.3 Å². The fourth-order valence-electron chi connectivity index (χ4n) is 2.99. The Morgan fingerprint density at radius 3 is 2.22 bits per heavy atom. The number of benzene rings is 2. The van der Waals surface area contributed by atoms with Gasteiger partial charge in [-0.15, -0.1) is 0 Å². The van der Waals surface area contributed by atoms with Gasteiger partial charge in [-0.25, -0.2) is 4.79 Å². The third-order valence-electron chi connectivity index (χ3n) is 4.52. The van der Waals surface area contributed by atoms with E-state index in [4.69, 9.17) is 14.2 Å². The molecule has 1 aliphatic heterocycles. The van der Waals surface area contributed by atoms with Crippen LogP contribution in [0.15, 0.2) is 77.4 Å². The number of esters is 2. The summed E-state index contributed by atoms with van der Waals surface area (Å²) in [5.74, 6) is -0.959. The lowest BCUT2D eigenvalue weighted by molar-refractivity contribution is -0.152. The van der Waals surface area contributed by atoms with Gasteiger partial charge in [0.25, 0.3) is 0 Å². The molecule has 2 aromatic rings. The van der Waals surface area contributed by atoms with Gasteiger partial charge < -0.3 is 19.5 Å². The highest BCUT2D eigenvalue weighted by Crippen LogP contribution is 2.23. The van der Waals surface area contributed by atoms with Crippen molar-refractivity contribution in [2.24, 2.45) is 10.9 Å². The number of allylic oxidation sites excluding steroid dienone is 1. The van der Waals surface area contributed by atoms with Gasteiger partial charge in [0.05, 0.1) is 18.9 Å². The van der Waals surface area contributed by atoms with Crippen LogP contribution in [0.25, 0.3) is 0 Å². The van der Waals surface area contributed by atoms with Crippen LogP contribution in [0.4, 0.5) is 4.79 Å². The molecule has 0 saturated carbocycles. The van der Waals surface area contributed by atoms with Crippen molar-refractivity contribution in [1.29, 1.82) is 0 Å². The fraction of sp³-hybridized carbons (Fsp3) is 0.250. The average Bonchev–Trinajstić information content (AvgIpc) is 3.31. The Bertz CT molecular complexity index is 972. The Balaban J connectivity index is 1.46. The van der Waals surface area contributed by atoms with Gasteiger partial charge in [-0.2, -0.15) is 0 Å². The summed E-state index contributed by atoms with van der Waals surface area (Å²) in [4.78, 5) is 40.8. The smallest absolute Gasteiger partial charge is 0.412 e. The summed E-state index contributed by atoms with van der Waals surface area (Å²) in [5, 5.41) is 2.51. The van der Waals surface area contributed by atoms with E-state index in [0.717, 1.165) is 5.57 Å². The number of nitrogens with zero attached hydrogens (tertiary/aromatic N) is 1. The molecule has 3 rings (SSSR count). The van der Waals surface area contributed by atoms with Crippen molar-refractivity contribution in [3.8, 4) is 11.5 Å². The van der Waals surface area contributed by atoms with Crippen LogP contribution in [-0.2, 0) is 14.3 Å². The second-order valence-electron chi connectivity index (χ2n) is 7.01. The number of amides is 1. The summed E-state index contributed by atoms with van der Waals surface area (Å²) < 4.78 is 15.7. The van der Waals surface area contributed by atoms with Gasteiger partial charge in [0.2, 0.25) is 0 Å². The molecular weight excluding hydrogens is 412 g/mol. The third kappa shape index (κ3) is 7.71. The van der Waals surface area contributed by atoms with Crippen molar-refractivity contribution in [2.45, 2.75) is 19.3 Å². The Labute approximate surface area is 185 Å². The molecular formula is C24H24N2O6. The van der Waals surface area contributed by atoms with Crippen molar-refractivity contribution in [3.63, 3.8) is 0 Å². The van der Waals surface area contributed by atoms with Gasteiger partial charge in [0, 0.05) is 18.8 Å². The van der Waals surface area contributed by atoms with E-state index in [1.54, 1.807) is 60.9 Å². The molecule has 166 valence electrons. The van der Waals surface area contributed by atoms with Gasteiger partial charge in [0.15, 0.2) is 0 Å². The van der Waals surface area contributed by atoms with E-state index in [2.05, 4.69) is 10.3 Å². The number of rotatable bonds is 10. The van der Waals surface area contributed by atoms with Crippen molar-refractivity contribution in [3.05, 3.63) is 72.4 Å². The molecule has 1 atom stereocenters. The summed E-state index contributed by atoms with van der Waals surface area (Å²) >= 11 is 0. The lowest BCUT2D eigenvalue weighted by Gasteiger charge is -2.16. The molecule has 2 aromatic carbocycles. The van der Waals surface area contributed by atoms with Crippen molar-refractivity contribution >= 4 is 24.2 Å². The topological polar surface area (TPSA) is 103 Å². The lowest BCUT2D eigenvalue weighted by atomic mass is 9.95. The van der Waals surface area contributed by atoms with Crippen molar-refractivity contribution in [1.82, 2.24) is 5.32 Å². The van der Waals surface area contributed by atoms with Gasteiger partial charge in [-0.1, -0.05) is 36.4 Å². The molecule has 0 saturated heterocycles. The van der Waals surface area contributed by atoms with Crippen LogP contribution in [0, 0.1) is 5.92 Å². The van der Waals surface area contributed by atoms with E-state index in [-0.39, 0.29) is 19.6 Å². The first-order valence-electron chi connectivity index (χ1n) is 10.2. The van der Waals surface area contributed by atoms with Crippen LogP contribution in [0.2, 0.25) is 0 Å². The molecule has 8 heteroatoms. The number of hydrogen-bond donors (Lipinski definition) is 1. The molecule has 1 heterocycles. The minimum absolute atomic E-state index is 0.0531. The van der Waals surface area contributed by atoms with Gasteiger partial charge in [-0.3, -0.25) is 14.6 Å². The number of carbonyl (C=O) groups excluding carboxylic acids is 3. The maximum atomic E-state index is 12.6. The highest BCUT2D eigenvalue weighted by Gasteiger charge is 2.26. The first kappa shape index (κ1) is 22.7. The molecule has 0 aromatic heterocycles. The quantitative estimate of drug-likeness (QED) is 0.346. The zero-order chi connectivity index (χ0) is 22.6. The first-order chi connectivity index (χ1) is 15.6. The monoisotopic (exact) mass is 436 g/mol. The van der Waals surface area contributed by atoms with Crippen molar-refractivity contribution < 1.29 is 28.6 Å². The molecule has 1 unspecified atom stereocenters. The summed E-state index contributed by atoms with van der Waals surface area (Å²) in [6, 6.07) is 17.3. The molecule has 1 aliphatic rings. The van der Waals surface area contributed by atoms with E-state index in [1.807, 2.05) is 12.1 Å². The molecule has 1 amide bonds. The van der Waals surface area contributed by atoms with Gasteiger partial charge in [-0.05, 0) is 36.3 Å². The largest absolute Gasteiger partial charge is 0.464 e. The highest BCUT2D eigenvalue weighted by molar-refractivity contribution is 5.81. The number of aliphatic imine (C=N–C) groups is 1. The summed E-state index contributed by atoms with van der Waals surface area (Å²) in [6.45, 7) is 0.0207. The standard InChI is InChI=1S/C24H24N2O6/c27-22(31-20-7-3-1-4-8-20)16-19(15-18-11-12-25-17-18)23(28)30-14-13-26-24(29)32-21-9-5-2-6-10-21/h1-10,12,17,19H,11,13-16H2,(H,26,29). The molecule has 0 radical (unpaired) electrons. The SMILES string of the molecule is O=C(CC(CC1=CN=CC1)C(=O)OCCNC(=O)Oc1ccccc1)Oc1ccccc1. The Morgan fingerprint density at radius 1 is 0.938 bits per heavy atom. The van der Waals surface area contributed by atoms with Gasteiger partial charge >= 0.3 is 18.0 Å². The normalized spacial score (nSPS) is 13.1. The molecule has 0 spiro atoms. The van der Waals surface area contributed by atoms with Gasteiger partial charge in [0.1, 0.15) is 18.1 Å². The van der Waals surface area contributed by atoms with E-state index in [1.165, 1.54) is 0 Å². The molecule has 0 bridgehead atoms.